The van der Waals surface area contributed by atoms with Gasteiger partial charge in [0.15, 0.2) is 0 Å². The van der Waals surface area contributed by atoms with Crippen molar-refractivity contribution in [1.29, 1.82) is 0 Å². The molecule has 5 amide bonds. The molecule has 1 atom stereocenters. The first-order valence-corrected chi connectivity index (χ1v) is 11.6. The molecule has 4 rings (SSSR count). The number of nitrogens with zero attached hydrogens (tertiary/aromatic N) is 2. The predicted octanol–water partition coefficient (Wildman–Crippen LogP) is 3.87. The summed E-state index contributed by atoms with van der Waals surface area (Å²) in [7, 11) is 0. The molecule has 2 aromatic rings. The summed E-state index contributed by atoms with van der Waals surface area (Å²) in [6.07, 6.45) is -0.266. The summed E-state index contributed by atoms with van der Waals surface area (Å²) in [5, 5.41) is 2.65. The number of nitrogens with one attached hydrogen (secondary N) is 1. The van der Waals surface area contributed by atoms with Crippen LogP contribution in [0.25, 0.3) is 11.0 Å². The maximum absolute atomic E-state index is 13.4. The Labute approximate surface area is 207 Å². The number of carbonyl (C=O) groups excluding carboxylic acids is 5. The van der Waals surface area contributed by atoms with Crippen molar-refractivity contribution < 1.29 is 37.9 Å². The highest BCUT2D eigenvalue weighted by molar-refractivity contribution is 6.17. The lowest BCUT2D eigenvalue weighted by Crippen LogP contribution is -2.52. The van der Waals surface area contributed by atoms with Crippen LogP contribution in [0.1, 0.15) is 70.3 Å². The molecule has 1 saturated heterocycles. The van der Waals surface area contributed by atoms with E-state index in [9.17, 15) is 24.0 Å². The number of fused-ring (bicyclic) bond motifs is 3. The number of amides is 5. The molecule has 0 bridgehead atoms. The molecular formula is C25H29N3O8. The van der Waals surface area contributed by atoms with E-state index in [0.29, 0.717) is 16.5 Å². The maximum Gasteiger partial charge on any atom is 0.424 e. The monoisotopic (exact) mass is 499 g/mol. The Hall–Kier alpha value is -3.89. The average molecular weight is 500 g/mol. The fourth-order valence-corrected chi connectivity index (χ4v) is 4.22. The van der Waals surface area contributed by atoms with Crippen LogP contribution in [0.3, 0.4) is 0 Å². The highest BCUT2D eigenvalue weighted by Crippen LogP contribution is 2.39. The molecule has 1 N–H and O–H groups in total. The third-order valence-electron chi connectivity index (χ3n) is 5.62. The van der Waals surface area contributed by atoms with E-state index in [1.165, 1.54) is 17.2 Å². The van der Waals surface area contributed by atoms with Gasteiger partial charge in [-0.2, -0.15) is 4.90 Å². The smallest absolute Gasteiger partial charge is 0.424 e. The molecule has 0 spiro atoms. The van der Waals surface area contributed by atoms with Crippen molar-refractivity contribution in [3.63, 3.8) is 0 Å². The van der Waals surface area contributed by atoms with Crippen LogP contribution in [0.4, 0.5) is 15.3 Å². The summed E-state index contributed by atoms with van der Waals surface area (Å²) in [6, 6.07) is 2.16. The van der Waals surface area contributed by atoms with Crippen LogP contribution in [-0.4, -0.2) is 52.1 Å². The van der Waals surface area contributed by atoms with Crippen LogP contribution < -0.4 is 10.2 Å². The summed E-state index contributed by atoms with van der Waals surface area (Å²) in [6.45, 7) is 10.0. The lowest BCUT2D eigenvalue weighted by atomic mass is 10.0. The summed E-state index contributed by atoms with van der Waals surface area (Å²) < 4.78 is 16.6. The molecule has 3 heterocycles. The first-order valence-electron chi connectivity index (χ1n) is 11.6. The first-order chi connectivity index (χ1) is 16.7. The van der Waals surface area contributed by atoms with Gasteiger partial charge in [-0.25, -0.2) is 9.59 Å². The molecular weight excluding hydrogens is 470 g/mol. The van der Waals surface area contributed by atoms with E-state index in [0.717, 1.165) is 4.90 Å². The van der Waals surface area contributed by atoms with E-state index in [1.807, 2.05) is 0 Å². The SMILES string of the molecule is CC(C)(C)OC(=O)N(C(=O)OC(C)(C)C)c1cc2c(c3occc13)CN(C1CCC(=O)NC1=O)C2=O. The Morgan fingerprint density at radius 1 is 1.06 bits per heavy atom. The molecule has 11 nitrogen and oxygen atoms in total. The molecule has 11 heteroatoms. The van der Waals surface area contributed by atoms with Gasteiger partial charge in [-0.05, 0) is 60.1 Å². The van der Waals surface area contributed by atoms with Gasteiger partial charge in [0.25, 0.3) is 5.91 Å². The zero-order valence-electron chi connectivity index (χ0n) is 21.1. The average Bonchev–Trinajstić information content (AvgIpc) is 3.31. The van der Waals surface area contributed by atoms with Crippen molar-refractivity contribution in [3.05, 3.63) is 29.5 Å². The molecule has 36 heavy (non-hydrogen) atoms. The van der Waals surface area contributed by atoms with Crippen LogP contribution in [0.2, 0.25) is 0 Å². The number of rotatable bonds is 2. The number of benzene rings is 1. The number of ether oxygens (including phenoxy) is 2. The van der Waals surface area contributed by atoms with Gasteiger partial charge in [0, 0.05) is 17.4 Å². The number of anilines is 1. The summed E-state index contributed by atoms with van der Waals surface area (Å²) in [4.78, 5) is 66.0. The second-order valence-corrected chi connectivity index (χ2v) is 10.8. The number of furan rings is 1. The van der Waals surface area contributed by atoms with Crippen LogP contribution in [0.15, 0.2) is 22.8 Å². The number of piperidine rings is 1. The van der Waals surface area contributed by atoms with E-state index < -0.39 is 41.2 Å². The third-order valence-corrected chi connectivity index (χ3v) is 5.62. The first kappa shape index (κ1) is 25.2. The topological polar surface area (TPSA) is 135 Å². The molecule has 1 aromatic carbocycles. The molecule has 192 valence electrons. The van der Waals surface area contributed by atoms with Crippen LogP contribution in [-0.2, 0) is 25.6 Å². The van der Waals surface area contributed by atoms with Gasteiger partial charge in [-0.3, -0.25) is 19.7 Å². The molecule has 0 aliphatic carbocycles. The summed E-state index contributed by atoms with van der Waals surface area (Å²) in [5.41, 5.74) is -0.789. The lowest BCUT2D eigenvalue weighted by molar-refractivity contribution is -0.136. The second kappa shape index (κ2) is 8.65. The van der Waals surface area contributed by atoms with Gasteiger partial charge >= 0.3 is 12.2 Å². The molecule has 1 fully saturated rings. The molecule has 1 unspecified atom stereocenters. The third kappa shape index (κ3) is 4.77. The van der Waals surface area contributed by atoms with E-state index in [-0.39, 0.29) is 36.5 Å². The van der Waals surface area contributed by atoms with Crippen LogP contribution in [0.5, 0.6) is 0 Å². The Morgan fingerprint density at radius 3 is 2.22 bits per heavy atom. The van der Waals surface area contributed by atoms with Crippen molar-refractivity contribution >= 4 is 46.6 Å². The minimum atomic E-state index is -0.980. The summed E-state index contributed by atoms with van der Waals surface area (Å²) in [5.74, 6) is -1.42. The van der Waals surface area contributed by atoms with Crippen LogP contribution >= 0.6 is 0 Å². The largest absolute Gasteiger partial charge is 0.464 e. The maximum atomic E-state index is 13.4. The number of hydrogen-bond acceptors (Lipinski definition) is 8. The Morgan fingerprint density at radius 2 is 1.67 bits per heavy atom. The Bertz CT molecular complexity index is 1250. The van der Waals surface area contributed by atoms with Gasteiger partial charge in [0.1, 0.15) is 22.8 Å². The standard InChI is InChI=1S/C25H29N3O8/c1-24(2,3)35-22(32)28(23(33)36-25(4,5)6)17-11-14-15(19-13(17)9-10-34-19)12-27(21(14)31)16-7-8-18(29)26-20(16)30/h9-11,16H,7-8,12H2,1-6H3,(H,26,29,30). The van der Waals surface area contributed by atoms with Crippen molar-refractivity contribution in [1.82, 2.24) is 10.2 Å². The van der Waals surface area contributed by atoms with Gasteiger partial charge in [0.2, 0.25) is 11.8 Å². The molecule has 2 aliphatic heterocycles. The van der Waals surface area contributed by atoms with Crippen LogP contribution in [0, 0.1) is 0 Å². The fraction of sp³-hybridized carbons (Fsp3) is 0.480. The van der Waals surface area contributed by atoms with Crippen molar-refractivity contribution in [2.45, 2.75) is 78.2 Å². The fourth-order valence-electron chi connectivity index (χ4n) is 4.22. The van der Waals surface area contributed by atoms with E-state index in [2.05, 4.69) is 5.32 Å². The van der Waals surface area contributed by atoms with Crippen molar-refractivity contribution in [2.75, 3.05) is 4.90 Å². The highest BCUT2D eigenvalue weighted by atomic mass is 16.6. The number of hydrogen-bond donors (Lipinski definition) is 1. The number of carbonyl (C=O) groups is 5. The van der Waals surface area contributed by atoms with Crippen molar-refractivity contribution in [2.24, 2.45) is 0 Å². The lowest BCUT2D eigenvalue weighted by Gasteiger charge is -2.29. The van der Waals surface area contributed by atoms with Gasteiger partial charge < -0.3 is 18.8 Å². The van der Waals surface area contributed by atoms with E-state index >= 15 is 0 Å². The Balaban J connectivity index is 1.80. The van der Waals surface area contributed by atoms with Gasteiger partial charge in [-0.15, -0.1) is 0 Å². The molecule has 2 aliphatic rings. The highest BCUT2D eigenvalue weighted by Gasteiger charge is 2.42. The van der Waals surface area contributed by atoms with Gasteiger partial charge in [-0.1, -0.05) is 0 Å². The van der Waals surface area contributed by atoms with E-state index in [1.54, 1.807) is 47.6 Å². The minimum Gasteiger partial charge on any atom is -0.464 e. The summed E-state index contributed by atoms with van der Waals surface area (Å²) >= 11 is 0. The van der Waals surface area contributed by atoms with E-state index in [4.69, 9.17) is 13.9 Å². The van der Waals surface area contributed by atoms with Crippen molar-refractivity contribution in [3.8, 4) is 0 Å². The zero-order chi connectivity index (χ0) is 26.6. The van der Waals surface area contributed by atoms with Gasteiger partial charge in [0.05, 0.1) is 24.1 Å². The molecule has 0 radical (unpaired) electrons. The quantitative estimate of drug-likeness (QED) is 0.615. The predicted molar refractivity (Wildman–Crippen MR) is 127 cm³/mol. The number of imide groups is 2. The molecule has 0 saturated carbocycles. The second-order valence-electron chi connectivity index (χ2n) is 10.8. The minimum absolute atomic E-state index is 0.0551. The Kier molecular flexibility index (Phi) is 6.06. The zero-order valence-corrected chi connectivity index (χ0v) is 21.1. The molecule has 1 aromatic heterocycles. The normalized spacial score (nSPS) is 18.2.